The number of aromatic amines is 1. The molecular formula is C26H33N9O3. The molecule has 6 rings (SSSR count). The van der Waals surface area contributed by atoms with E-state index in [0.29, 0.717) is 56.4 Å². The van der Waals surface area contributed by atoms with Gasteiger partial charge in [0.15, 0.2) is 11.5 Å². The third-order valence-corrected chi connectivity index (χ3v) is 8.07. The number of hydrogen-bond donors (Lipinski definition) is 4. The van der Waals surface area contributed by atoms with E-state index in [1.54, 1.807) is 13.3 Å². The Bertz CT molecular complexity index is 1520. The average Bonchev–Trinajstić information content (AvgIpc) is 3.47. The van der Waals surface area contributed by atoms with Crippen LogP contribution in [0.5, 0.6) is 0 Å². The highest BCUT2D eigenvalue weighted by Crippen LogP contribution is 2.44. The van der Waals surface area contributed by atoms with E-state index >= 15 is 0 Å². The molecule has 2 fully saturated rings. The number of carbonyl (C=O) groups excluding carboxylic acids is 1. The largest absolute Gasteiger partial charge is 0.386 e. The van der Waals surface area contributed by atoms with Crippen molar-refractivity contribution in [3.8, 4) is 0 Å². The number of nitrogens with zero attached hydrogens (tertiary/aromatic N) is 6. The maximum atomic E-state index is 13.0. The van der Waals surface area contributed by atoms with Gasteiger partial charge in [-0.05, 0) is 50.8 Å². The standard InChI is InChI=1S/C26H33N9O3/c1-15-30-17-5-3-16(11-18(17)31-15)4-6-20(36)34-9-7-26(8-10-34)12-19(25(2,37)13-38-26)35-14-29-21-22(27)32-24(28)33-23(21)35/h3,5,11,14,19,37H,4,6-10,12-13H2,1-2H3,(H,30,31)(H4,27,28,32,33)/t19-,25-/m0/s1. The monoisotopic (exact) mass is 519 g/mol. The molecule has 0 bridgehead atoms. The van der Waals surface area contributed by atoms with Crippen molar-refractivity contribution in [1.82, 2.24) is 34.4 Å². The minimum atomic E-state index is -1.14. The van der Waals surface area contributed by atoms with E-state index in [1.165, 1.54) is 0 Å². The number of nitrogens with one attached hydrogen (secondary N) is 1. The molecule has 0 radical (unpaired) electrons. The van der Waals surface area contributed by atoms with Crippen LogP contribution in [0.2, 0.25) is 0 Å². The first-order chi connectivity index (χ1) is 18.1. The van der Waals surface area contributed by atoms with Gasteiger partial charge in [0.1, 0.15) is 16.9 Å². The maximum Gasteiger partial charge on any atom is 0.224 e. The predicted octanol–water partition coefficient (Wildman–Crippen LogP) is 1.88. The van der Waals surface area contributed by atoms with Crippen LogP contribution in [-0.2, 0) is 16.0 Å². The van der Waals surface area contributed by atoms with E-state index in [-0.39, 0.29) is 30.3 Å². The van der Waals surface area contributed by atoms with E-state index in [9.17, 15) is 9.90 Å². The van der Waals surface area contributed by atoms with Gasteiger partial charge in [0.25, 0.3) is 0 Å². The van der Waals surface area contributed by atoms with E-state index in [2.05, 4.69) is 31.0 Å². The minimum Gasteiger partial charge on any atom is -0.386 e. The number of aliphatic hydroxyl groups is 1. The summed E-state index contributed by atoms with van der Waals surface area (Å²) in [6.07, 6.45) is 4.70. The molecule has 0 unspecified atom stereocenters. The number of hydrogen-bond acceptors (Lipinski definition) is 9. The van der Waals surface area contributed by atoms with Crippen LogP contribution in [0, 0.1) is 6.92 Å². The van der Waals surface area contributed by atoms with Crippen LogP contribution in [0.25, 0.3) is 22.2 Å². The lowest BCUT2D eigenvalue weighted by molar-refractivity contribution is -0.201. The van der Waals surface area contributed by atoms with Crippen LogP contribution in [0.3, 0.4) is 0 Å². The van der Waals surface area contributed by atoms with Crippen LogP contribution in [0.15, 0.2) is 24.5 Å². The molecule has 38 heavy (non-hydrogen) atoms. The van der Waals surface area contributed by atoms with Gasteiger partial charge in [-0.1, -0.05) is 6.07 Å². The number of rotatable bonds is 4. The molecular weight excluding hydrogens is 486 g/mol. The quantitative estimate of drug-likeness (QED) is 0.314. The van der Waals surface area contributed by atoms with Crippen molar-refractivity contribution in [2.75, 3.05) is 31.2 Å². The Labute approximate surface area is 219 Å². The number of ether oxygens (including phenoxy) is 1. The molecule has 0 aliphatic carbocycles. The normalized spacial score (nSPS) is 23.4. The van der Waals surface area contributed by atoms with Crippen LogP contribution in [0.1, 0.15) is 50.0 Å². The number of H-pyrrole nitrogens is 1. The number of piperidine rings is 1. The lowest BCUT2D eigenvalue weighted by atomic mass is 9.77. The van der Waals surface area contributed by atoms with Gasteiger partial charge < -0.3 is 35.8 Å². The van der Waals surface area contributed by atoms with E-state index < -0.39 is 11.2 Å². The molecule has 2 aliphatic rings. The molecule has 1 aromatic carbocycles. The van der Waals surface area contributed by atoms with E-state index in [0.717, 1.165) is 22.4 Å². The Hall–Kier alpha value is -3.77. The van der Waals surface area contributed by atoms with Gasteiger partial charge in [-0.3, -0.25) is 4.79 Å². The zero-order valence-electron chi connectivity index (χ0n) is 21.6. The van der Waals surface area contributed by atoms with Crippen molar-refractivity contribution >= 4 is 39.9 Å². The van der Waals surface area contributed by atoms with Crippen LogP contribution >= 0.6 is 0 Å². The molecule has 12 heteroatoms. The van der Waals surface area contributed by atoms with Crippen LogP contribution in [0.4, 0.5) is 11.8 Å². The van der Waals surface area contributed by atoms with Crippen molar-refractivity contribution in [2.24, 2.45) is 0 Å². The summed E-state index contributed by atoms with van der Waals surface area (Å²) < 4.78 is 8.13. The second-order valence-electron chi connectivity index (χ2n) is 10.9. The zero-order chi connectivity index (χ0) is 26.7. The van der Waals surface area contributed by atoms with Gasteiger partial charge in [-0.2, -0.15) is 9.97 Å². The SMILES string of the molecule is Cc1nc2ccc(CCC(=O)N3CCC4(CC3)C[C@H](n3cnc5c(N)nc(N)nc53)[C@@](C)(O)CO4)cc2[nH]1. The van der Waals surface area contributed by atoms with E-state index in [4.69, 9.17) is 16.2 Å². The molecule has 2 saturated heterocycles. The number of anilines is 2. The zero-order valence-corrected chi connectivity index (χ0v) is 21.6. The molecule has 5 heterocycles. The number of imidazole rings is 2. The number of carbonyl (C=O) groups is 1. The highest BCUT2D eigenvalue weighted by atomic mass is 16.5. The third-order valence-electron chi connectivity index (χ3n) is 8.07. The summed E-state index contributed by atoms with van der Waals surface area (Å²) in [4.78, 5) is 35.4. The average molecular weight is 520 g/mol. The number of amides is 1. The number of fused-ring (bicyclic) bond motifs is 2. The number of likely N-dealkylation sites (tertiary alicyclic amines) is 1. The number of benzene rings is 1. The summed E-state index contributed by atoms with van der Waals surface area (Å²) in [6.45, 7) is 5.07. The summed E-state index contributed by atoms with van der Waals surface area (Å²) in [5.74, 6) is 1.29. The summed E-state index contributed by atoms with van der Waals surface area (Å²) in [6, 6.07) is 5.75. The molecule has 3 aromatic heterocycles. The van der Waals surface area contributed by atoms with Gasteiger partial charge in [-0.15, -0.1) is 0 Å². The number of nitrogens with two attached hydrogens (primary N) is 2. The summed E-state index contributed by atoms with van der Waals surface area (Å²) in [5.41, 5.74) is 14.2. The molecule has 2 atom stereocenters. The molecule has 4 aromatic rings. The second-order valence-corrected chi connectivity index (χ2v) is 10.9. The molecule has 0 saturated carbocycles. The van der Waals surface area contributed by atoms with Crippen molar-refractivity contribution in [2.45, 2.75) is 63.2 Å². The lowest BCUT2D eigenvalue weighted by Gasteiger charge is -2.51. The molecule has 200 valence electrons. The lowest BCUT2D eigenvalue weighted by Crippen LogP contribution is -2.57. The smallest absolute Gasteiger partial charge is 0.224 e. The Kier molecular flexibility index (Phi) is 5.76. The Morgan fingerprint density at radius 1 is 1.24 bits per heavy atom. The highest BCUT2D eigenvalue weighted by molar-refractivity contribution is 5.83. The van der Waals surface area contributed by atoms with Crippen LogP contribution in [-0.4, -0.2) is 76.3 Å². The fraction of sp³-hybridized carbons (Fsp3) is 0.500. The molecule has 6 N–H and O–H groups in total. The number of aryl methyl sites for hydroxylation is 2. The van der Waals surface area contributed by atoms with Crippen molar-refractivity contribution in [3.63, 3.8) is 0 Å². The van der Waals surface area contributed by atoms with Crippen molar-refractivity contribution < 1.29 is 14.6 Å². The second kappa shape index (κ2) is 8.91. The minimum absolute atomic E-state index is 0.0598. The first-order valence-corrected chi connectivity index (χ1v) is 13.0. The third kappa shape index (κ3) is 4.33. The topological polar surface area (TPSA) is 174 Å². The van der Waals surface area contributed by atoms with Gasteiger partial charge >= 0.3 is 0 Å². The Balaban J connectivity index is 1.12. The van der Waals surface area contributed by atoms with E-state index in [1.807, 2.05) is 28.5 Å². The fourth-order valence-corrected chi connectivity index (χ4v) is 5.87. The fourth-order valence-electron chi connectivity index (χ4n) is 5.87. The first-order valence-electron chi connectivity index (χ1n) is 13.0. The highest BCUT2D eigenvalue weighted by Gasteiger charge is 2.49. The maximum absolute atomic E-state index is 13.0. The van der Waals surface area contributed by atoms with Gasteiger partial charge in [-0.25, -0.2) is 9.97 Å². The Morgan fingerprint density at radius 2 is 2.03 bits per heavy atom. The molecule has 1 amide bonds. The van der Waals surface area contributed by atoms with Crippen LogP contribution < -0.4 is 11.5 Å². The van der Waals surface area contributed by atoms with Gasteiger partial charge in [0.2, 0.25) is 11.9 Å². The first kappa shape index (κ1) is 24.6. The van der Waals surface area contributed by atoms with Gasteiger partial charge in [0, 0.05) is 25.9 Å². The summed E-state index contributed by atoms with van der Waals surface area (Å²) >= 11 is 0. The number of nitrogen functional groups attached to an aromatic ring is 2. The summed E-state index contributed by atoms with van der Waals surface area (Å²) in [5, 5.41) is 11.3. The predicted molar refractivity (Wildman–Crippen MR) is 142 cm³/mol. The molecule has 2 aliphatic heterocycles. The number of aromatic nitrogens is 6. The molecule has 1 spiro atoms. The summed E-state index contributed by atoms with van der Waals surface area (Å²) in [7, 11) is 0. The Morgan fingerprint density at radius 3 is 2.82 bits per heavy atom. The molecule has 12 nitrogen and oxygen atoms in total. The van der Waals surface area contributed by atoms with Crippen molar-refractivity contribution in [3.05, 3.63) is 35.9 Å². The van der Waals surface area contributed by atoms with Crippen molar-refractivity contribution in [1.29, 1.82) is 0 Å². The van der Waals surface area contributed by atoms with Gasteiger partial charge in [0.05, 0.1) is 35.6 Å².